The lowest BCUT2D eigenvalue weighted by Gasteiger charge is -2.12. The van der Waals surface area contributed by atoms with E-state index in [4.69, 9.17) is 21.6 Å². The molecule has 0 saturated heterocycles. The zero-order chi connectivity index (χ0) is 12.8. The second-order valence-electron chi connectivity index (χ2n) is 3.28. The number of methoxy groups -OCH3 is 2. The van der Waals surface area contributed by atoms with E-state index in [9.17, 15) is 4.79 Å². The number of alkyl halides is 1. The third-order valence-corrected chi connectivity index (χ3v) is 2.65. The highest BCUT2D eigenvalue weighted by Gasteiger charge is 2.15. The van der Waals surface area contributed by atoms with Crippen LogP contribution in [-0.4, -0.2) is 20.2 Å². The Hall–Kier alpha value is -1.73. The Labute approximate surface area is 105 Å². The number of hydrogen-bond acceptors (Lipinski definition) is 4. The Bertz CT molecular complexity index is 466. The first-order chi connectivity index (χ1) is 8.17. The van der Waals surface area contributed by atoms with Crippen molar-refractivity contribution >= 4 is 17.6 Å². The van der Waals surface area contributed by atoms with Crippen LogP contribution in [0, 0.1) is 11.3 Å². The van der Waals surface area contributed by atoms with Gasteiger partial charge < -0.3 is 9.47 Å². The minimum Gasteiger partial charge on any atom is -0.495 e. The molecule has 0 fully saturated rings. The van der Waals surface area contributed by atoms with Gasteiger partial charge >= 0.3 is 5.97 Å². The Morgan fingerprint density at radius 3 is 2.65 bits per heavy atom. The average Bonchev–Trinajstić information content (AvgIpc) is 2.37. The third kappa shape index (κ3) is 2.89. The zero-order valence-electron chi connectivity index (χ0n) is 9.62. The zero-order valence-corrected chi connectivity index (χ0v) is 10.4. The number of ether oxygens (including phenoxy) is 2. The van der Waals surface area contributed by atoms with Crippen LogP contribution in [0.15, 0.2) is 12.1 Å². The van der Waals surface area contributed by atoms with Gasteiger partial charge in [-0.1, -0.05) is 6.07 Å². The Balaban J connectivity index is 3.24. The van der Waals surface area contributed by atoms with Crippen molar-refractivity contribution in [3.63, 3.8) is 0 Å². The maximum absolute atomic E-state index is 11.2. The van der Waals surface area contributed by atoms with Crippen LogP contribution >= 0.6 is 11.6 Å². The minimum atomic E-state index is -0.358. The molecule has 90 valence electrons. The van der Waals surface area contributed by atoms with Crippen molar-refractivity contribution in [2.45, 2.75) is 12.3 Å². The van der Waals surface area contributed by atoms with Crippen LogP contribution < -0.4 is 4.74 Å². The Kier molecular flexibility index (Phi) is 4.80. The van der Waals surface area contributed by atoms with E-state index in [0.717, 1.165) is 0 Å². The van der Waals surface area contributed by atoms with Crippen LogP contribution in [0.1, 0.15) is 16.7 Å². The van der Waals surface area contributed by atoms with Gasteiger partial charge in [-0.2, -0.15) is 5.26 Å². The predicted octanol–water partition coefficient (Wildman–Crippen LogP) is 2.02. The Morgan fingerprint density at radius 1 is 1.47 bits per heavy atom. The molecule has 0 heterocycles. The van der Waals surface area contributed by atoms with Crippen LogP contribution in [0.2, 0.25) is 0 Å². The summed E-state index contributed by atoms with van der Waals surface area (Å²) in [5.74, 6) is 0.234. The molecule has 0 bridgehead atoms. The fourth-order valence-electron chi connectivity index (χ4n) is 1.53. The molecule has 0 aliphatic heterocycles. The molecular formula is C12H12ClNO3. The number of nitrogens with zero attached hydrogens (tertiary/aromatic N) is 1. The van der Waals surface area contributed by atoms with Crippen molar-refractivity contribution in [1.29, 1.82) is 5.26 Å². The van der Waals surface area contributed by atoms with E-state index in [2.05, 4.69) is 4.74 Å². The third-order valence-electron chi connectivity index (χ3n) is 2.38. The molecule has 0 N–H and O–H groups in total. The van der Waals surface area contributed by atoms with Crippen molar-refractivity contribution in [3.05, 3.63) is 28.8 Å². The van der Waals surface area contributed by atoms with E-state index < -0.39 is 0 Å². The number of hydrogen-bond donors (Lipinski definition) is 0. The summed E-state index contributed by atoms with van der Waals surface area (Å²) in [5.41, 5.74) is 1.76. The van der Waals surface area contributed by atoms with E-state index in [0.29, 0.717) is 22.4 Å². The van der Waals surface area contributed by atoms with Gasteiger partial charge in [0.25, 0.3) is 0 Å². The summed E-state index contributed by atoms with van der Waals surface area (Å²) in [6, 6.07) is 5.31. The van der Waals surface area contributed by atoms with Gasteiger partial charge in [-0.25, -0.2) is 0 Å². The van der Waals surface area contributed by atoms with Gasteiger partial charge in [0.05, 0.1) is 32.1 Å². The van der Waals surface area contributed by atoms with E-state index in [-0.39, 0.29) is 18.3 Å². The molecule has 0 saturated carbocycles. The van der Waals surface area contributed by atoms with Crippen molar-refractivity contribution < 1.29 is 14.3 Å². The van der Waals surface area contributed by atoms with Gasteiger partial charge in [-0.05, 0) is 11.6 Å². The minimum absolute atomic E-state index is 0.112. The molecule has 0 radical (unpaired) electrons. The van der Waals surface area contributed by atoms with E-state index in [1.807, 2.05) is 6.07 Å². The number of benzene rings is 1. The lowest BCUT2D eigenvalue weighted by atomic mass is 10.0. The number of nitriles is 1. The highest BCUT2D eigenvalue weighted by Crippen LogP contribution is 2.28. The molecule has 17 heavy (non-hydrogen) atoms. The molecule has 0 aromatic heterocycles. The molecule has 0 spiro atoms. The molecule has 0 unspecified atom stereocenters. The maximum Gasteiger partial charge on any atom is 0.309 e. The van der Waals surface area contributed by atoms with Crippen molar-refractivity contribution in [3.8, 4) is 11.8 Å². The van der Waals surface area contributed by atoms with Crippen LogP contribution in [0.3, 0.4) is 0 Å². The SMILES string of the molecule is COC(=O)Cc1ccc(C#N)c(OC)c1CCl. The molecule has 5 heteroatoms. The number of carbonyl (C=O) groups is 1. The molecule has 0 aliphatic rings. The van der Waals surface area contributed by atoms with E-state index >= 15 is 0 Å². The smallest absolute Gasteiger partial charge is 0.309 e. The topological polar surface area (TPSA) is 59.3 Å². The van der Waals surface area contributed by atoms with Crippen molar-refractivity contribution in [2.24, 2.45) is 0 Å². The van der Waals surface area contributed by atoms with Crippen LogP contribution in [-0.2, 0) is 21.8 Å². The van der Waals surface area contributed by atoms with Gasteiger partial charge in [0.1, 0.15) is 11.8 Å². The first-order valence-electron chi connectivity index (χ1n) is 4.89. The molecular weight excluding hydrogens is 242 g/mol. The standard InChI is InChI=1S/C12H12ClNO3/c1-16-11(15)5-8-3-4-9(7-14)12(17-2)10(8)6-13/h3-4H,5-6H2,1-2H3. The van der Waals surface area contributed by atoms with Crippen LogP contribution in [0.5, 0.6) is 5.75 Å². The van der Waals surface area contributed by atoms with Gasteiger partial charge in [0.2, 0.25) is 0 Å². The van der Waals surface area contributed by atoms with E-state index in [1.165, 1.54) is 14.2 Å². The molecule has 1 aromatic carbocycles. The van der Waals surface area contributed by atoms with Crippen LogP contribution in [0.25, 0.3) is 0 Å². The Morgan fingerprint density at radius 2 is 2.18 bits per heavy atom. The summed E-state index contributed by atoms with van der Waals surface area (Å²) in [5, 5.41) is 8.92. The second-order valence-corrected chi connectivity index (χ2v) is 3.55. The van der Waals surface area contributed by atoms with Crippen molar-refractivity contribution in [1.82, 2.24) is 0 Å². The van der Waals surface area contributed by atoms with Crippen LogP contribution in [0.4, 0.5) is 0 Å². The second kappa shape index (κ2) is 6.12. The van der Waals surface area contributed by atoms with Gasteiger partial charge in [0, 0.05) is 5.56 Å². The summed E-state index contributed by atoms with van der Waals surface area (Å²) < 4.78 is 9.75. The molecule has 1 aromatic rings. The summed E-state index contributed by atoms with van der Waals surface area (Å²) in [6.07, 6.45) is 0.112. The highest BCUT2D eigenvalue weighted by atomic mass is 35.5. The monoisotopic (exact) mass is 253 g/mol. The maximum atomic E-state index is 11.2. The lowest BCUT2D eigenvalue weighted by Crippen LogP contribution is -2.08. The normalized spacial score (nSPS) is 9.53. The molecule has 1 rings (SSSR count). The molecule has 4 nitrogen and oxygen atoms in total. The predicted molar refractivity (Wildman–Crippen MR) is 63.0 cm³/mol. The number of carbonyl (C=O) groups excluding carboxylic acids is 1. The van der Waals surface area contributed by atoms with Gasteiger partial charge in [-0.15, -0.1) is 11.6 Å². The van der Waals surface area contributed by atoms with Gasteiger partial charge in [-0.3, -0.25) is 4.79 Å². The lowest BCUT2D eigenvalue weighted by molar-refractivity contribution is -0.139. The highest BCUT2D eigenvalue weighted by molar-refractivity contribution is 6.17. The summed E-state index contributed by atoms with van der Waals surface area (Å²) in [7, 11) is 2.79. The molecule has 0 amide bonds. The van der Waals surface area contributed by atoms with Crippen molar-refractivity contribution in [2.75, 3.05) is 14.2 Å². The first kappa shape index (κ1) is 13.3. The number of esters is 1. The largest absolute Gasteiger partial charge is 0.495 e. The van der Waals surface area contributed by atoms with Gasteiger partial charge in [0.15, 0.2) is 0 Å². The summed E-state index contributed by atoms with van der Waals surface area (Å²) in [6.45, 7) is 0. The quantitative estimate of drug-likeness (QED) is 0.608. The molecule has 0 aliphatic carbocycles. The fraction of sp³-hybridized carbons (Fsp3) is 0.333. The van der Waals surface area contributed by atoms with E-state index in [1.54, 1.807) is 12.1 Å². The summed E-state index contributed by atoms with van der Waals surface area (Å²) >= 11 is 5.83. The molecule has 0 atom stereocenters. The first-order valence-corrected chi connectivity index (χ1v) is 5.43. The number of halogens is 1. The fourth-order valence-corrected chi connectivity index (χ4v) is 1.82. The average molecular weight is 254 g/mol. The summed E-state index contributed by atoms with van der Waals surface area (Å²) in [4.78, 5) is 11.2. The number of rotatable bonds is 4.